The Bertz CT molecular complexity index is 479. The number of hydrogen-bond donors (Lipinski definition) is 2. The average Bonchev–Trinajstić information content (AvgIpc) is 3.06. The molecule has 1 atom stereocenters. The SMILES string of the molecule is O=C1CC(NCc2cn[nH]c2)C(=O)N1C1CCCCC1. The van der Waals surface area contributed by atoms with Crippen LogP contribution in [0.25, 0.3) is 0 Å². The summed E-state index contributed by atoms with van der Waals surface area (Å²) in [4.78, 5) is 26.0. The number of imide groups is 1. The molecule has 1 aromatic heterocycles. The van der Waals surface area contributed by atoms with Crippen LogP contribution in [0, 0.1) is 0 Å². The first-order valence-electron chi connectivity index (χ1n) is 7.32. The molecule has 2 heterocycles. The molecule has 2 aliphatic rings. The van der Waals surface area contributed by atoms with Crippen LogP contribution in [-0.2, 0) is 16.1 Å². The van der Waals surface area contributed by atoms with Gasteiger partial charge in [0, 0.05) is 24.3 Å². The highest BCUT2D eigenvalue weighted by Gasteiger charge is 2.42. The minimum atomic E-state index is -0.376. The predicted molar refractivity (Wildman–Crippen MR) is 72.6 cm³/mol. The van der Waals surface area contributed by atoms with Crippen LogP contribution in [0.5, 0.6) is 0 Å². The smallest absolute Gasteiger partial charge is 0.247 e. The van der Waals surface area contributed by atoms with E-state index in [1.807, 2.05) is 0 Å². The summed E-state index contributed by atoms with van der Waals surface area (Å²) in [7, 11) is 0. The van der Waals surface area contributed by atoms with E-state index in [9.17, 15) is 9.59 Å². The largest absolute Gasteiger partial charge is 0.301 e. The molecular weight excluding hydrogens is 256 g/mol. The normalized spacial score (nSPS) is 24.6. The Kier molecular flexibility index (Phi) is 3.82. The molecule has 1 saturated carbocycles. The number of rotatable bonds is 4. The third kappa shape index (κ3) is 2.60. The molecule has 2 fully saturated rings. The quantitative estimate of drug-likeness (QED) is 0.803. The number of likely N-dealkylation sites (tertiary alicyclic amines) is 1. The summed E-state index contributed by atoms with van der Waals surface area (Å²) < 4.78 is 0. The van der Waals surface area contributed by atoms with Crippen molar-refractivity contribution >= 4 is 11.8 Å². The van der Waals surface area contributed by atoms with Gasteiger partial charge in [-0.05, 0) is 12.8 Å². The van der Waals surface area contributed by atoms with Gasteiger partial charge in [0.25, 0.3) is 0 Å². The van der Waals surface area contributed by atoms with Crippen molar-refractivity contribution < 1.29 is 9.59 Å². The standard InChI is InChI=1S/C14H20N4O2/c19-13-6-12(15-7-10-8-16-17-9-10)14(20)18(13)11-4-2-1-3-5-11/h8-9,11-12,15H,1-7H2,(H,16,17). The molecule has 108 valence electrons. The van der Waals surface area contributed by atoms with Crippen LogP contribution in [0.4, 0.5) is 0 Å². The molecule has 20 heavy (non-hydrogen) atoms. The van der Waals surface area contributed by atoms with Crippen LogP contribution < -0.4 is 5.32 Å². The fraction of sp³-hybridized carbons (Fsp3) is 0.643. The number of nitrogens with one attached hydrogen (secondary N) is 2. The van der Waals surface area contributed by atoms with Gasteiger partial charge in [0.1, 0.15) is 0 Å². The molecule has 1 aliphatic heterocycles. The maximum Gasteiger partial charge on any atom is 0.247 e. The molecule has 3 rings (SSSR count). The third-order valence-corrected chi connectivity index (χ3v) is 4.23. The van der Waals surface area contributed by atoms with Crippen molar-refractivity contribution in [2.45, 2.75) is 57.2 Å². The summed E-state index contributed by atoms with van der Waals surface area (Å²) in [6.45, 7) is 0.554. The summed E-state index contributed by atoms with van der Waals surface area (Å²) in [5, 5.41) is 9.76. The lowest BCUT2D eigenvalue weighted by Crippen LogP contribution is -2.44. The Balaban J connectivity index is 1.60. The van der Waals surface area contributed by atoms with E-state index in [4.69, 9.17) is 0 Å². The fourth-order valence-corrected chi connectivity index (χ4v) is 3.15. The molecule has 0 radical (unpaired) electrons. The topological polar surface area (TPSA) is 78.1 Å². The van der Waals surface area contributed by atoms with Crippen molar-refractivity contribution in [2.75, 3.05) is 0 Å². The van der Waals surface area contributed by atoms with Gasteiger partial charge in [-0.15, -0.1) is 0 Å². The highest BCUT2D eigenvalue weighted by molar-refractivity contribution is 6.05. The molecule has 6 heteroatoms. The van der Waals surface area contributed by atoms with E-state index in [0.29, 0.717) is 6.54 Å². The van der Waals surface area contributed by atoms with Gasteiger partial charge >= 0.3 is 0 Å². The molecule has 1 aliphatic carbocycles. The van der Waals surface area contributed by atoms with Crippen molar-refractivity contribution in [3.63, 3.8) is 0 Å². The Morgan fingerprint density at radius 1 is 1.30 bits per heavy atom. The summed E-state index contributed by atoms with van der Waals surface area (Å²) >= 11 is 0. The van der Waals surface area contributed by atoms with Crippen molar-refractivity contribution in [3.05, 3.63) is 18.0 Å². The highest BCUT2D eigenvalue weighted by atomic mass is 16.2. The maximum absolute atomic E-state index is 12.4. The third-order valence-electron chi connectivity index (χ3n) is 4.23. The number of aromatic amines is 1. The zero-order valence-corrected chi connectivity index (χ0v) is 11.5. The minimum Gasteiger partial charge on any atom is -0.301 e. The molecule has 6 nitrogen and oxygen atoms in total. The van der Waals surface area contributed by atoms with E-state index in [-0.39, 0.29) is 30.3 Å². The van der Waals surface area contributed by atoms with E-state index < -0.39 is 0 Å². The lowest BCUT2D eigenvalue weighted by molar-refractivity contribution is -0.142. The number of H-pyrrole nitrogens is 1. The Hall–Kier alpha value is -1.69. The maximum atomic E-state index is 12.4. The predicted octanol–water partition coefficient (Wildman–Crippen LogP) is 0.959. The number of nitrogens with zero attached hydrogens (tertiary/aromatic N) is 2. The second-order valence-electron chi connectivity index (χ2n) is 5.64. The van der Waals surface area contributed by atoms with Gasteiger partial charge in [-0.1, -0.05) is 19.3 Å². The summed E-state index contributed by atoms with van der Waals surface area (Å²) in [6, 6.07) is -0.246. The van der Waals surface area contributed by atoms with E-state index >= 15 is 0 Å². The number of hydrogen-bond acceptors (Lipinski definition) is 4. The van der Waals surface area contributed by atoms with Crippen molar-refractivity contribution in [3.8, 4) is 0 Å². The van der Waals surface area contributed by atoms with Gasteiger partial charge in [-0.2, -0.15) is 5.10 Å². The summed E-state index contributed by atoms with van der Waals surface area (Å²) in [5.74, 6) is -0.0722. The Labute approximate surface area is 117 Å². The molecule has 0 spiro atoms. The van der Waals surface area contributed by atoms with E-state index in [1.54, 1.807) is 12.4 Å². The molecule has 0 aromatic carbocycles. The van der Waals surface area contributed by atoms with Gasteiger partial charge in [0.2, 0.25) is 11.8 Å². The molecule has 0 bridgehead atoms. The van der Waals surface area contributed by atoms with Gasteiger partial charge in [0.05, 0.1) is 18.7 Å². The van der Waals surface area contributed by atoms with Crippen molar-refractivity contribution in [2.24, 2.45) is 0 Å². The molecular formula is C14H20N4O2. The Morgan fingerprint density at radius 3 is 2.80 bits per heavy atom. The lowest BCUT2D eigenvalue weighted by atomic mass is 9.94. The van der Waals surface area contributed by atoms with Crippen LogP contribution in [0.15, 0.2) is 12.4 Å². The van der Waals surface area contributed by atoms with Crippen LogP contribution in [-0.4, -0.2) is 39.0 Å². The van der Waals surface area contributed by atoms with Gasteiger partial charge in [-0.25, -0.2) is 0 Å². The van der Waals surface area contributed by atoms with E-state index in [0.717, 1.165) is 31.2 Å². The van der Waals surface area contributed by atoms with E-state index in [2.05, 4.69) is 15.5 Å². The van der Waals surface area contributed by atoms with Gasteiger partial charge in [-0.3, -0.25) is 19.6 Å². The van der Waals surface area contributed by atoms with Crippen LogP contribution in [0.2, 0.25) is 0 Å². The monoisotopic (exact) mass is 276 g/mol. The first-order valence-corrected chi connectivity index (χ1v) is 7.32. The van der Waals surface area contributed by atoms with Gasteiger partial charge < -0.3 is 5.32 Å². The van der Waals surface area contributed by atoms with Crippen LogP contribution in [0.3, 0.4) is 0 Å². The molecule has 1 unspecified atom stereocenters. The number of carbonyl (C=O) groups is 2. The lowest BCUT2D eigenvalue weighted by Gasteiger charge is -2.29. The van der Waals surface area contributed by atoms with Crippen molar-refractivity contribution in [1.29, 1.82) is 0 Å². The zero-order valence-electron chi connectivity index (χ0n) is 11.5. The first-order chi connectivity index (χ1) is 9.75. The Morgan fingerprint density at radius 2 is 2.10 bits per heavy atom. The number of aromatic nitrogens is 2. The number of carbonyl (C=O) groups excluding carboxylic acids is 2. The summed E-state index contributed by atoms with van der Waals surface area (Å²) in [6.07, 6.45) is 9.17. The summed E-state index contributed by atoms with van der Waals surface area (Å²) in [5.41, 5.74) is 0.987. The zero-order chi connectivity index (χ0) is 13.9. The second-order valence-corrected chi connectivity index (χ2v) is 5.64. The molecule has 1 aromatic rings. The van der Waals surface area contributed by atoms with Crippen molar-refractivity contribution in [1.82, 2.24) is 20.4 Å². The average molecular weight is 276 g/mol. The highest BCUT2D eigenvalue weighted by Crippen LogP contribution is 2.27. The number of amides is 2. The van der Waals surface area contributed by atoms with Crippen LogP contribution >= 0.6 is 0 Å². The van der Waals surface area contributed by atoms with Gasteiger partial charge in [0.15, 0.2) is 0 Å². The van der Waals surface area contributed by atoms with E-state index in [1.165, 1.54) is 11.3 Å². The second kappa shape index (κ2) is 5.75. The van der Waals surface area contributed by atoms with Crippen LogP contribution in [0.1, 0.15) is 44.1 Å². The molecule has 2 amide bonds. The molecule has 1 saturated heterocycles. The first kappa shape index (κ1) is 13.3. The molecule has 2 N–H and O–H groups in total. The minimum absolute atomic E-state index is 0.0217. The fourth-order valence-electron chi connectivity index (χ4n) is 3.15.